The first kappa shape index (κ1) is 16.1. The highest BCUT2D eigenvalue weighted by molar-refractivity contribution is 6.37. The van der Waals surface area contributed by atoms with Crippen LogP contribution in [0.1, 0.15) is 33.3 Å². The zero-order chi connectivity index (χ0) is 15.6. The fraction of sp³-hybridized carbons (Fsp3) is 0.353. The van der Waals surface area contributed by atoms with Crippen molar-refractivity contribution in [2.75, 3.05) is 11.9 Å². The number of rotatable bonds is 3. The number of benzene rings is 1. The van der Waals surface area contributed by atoms with Crippen molar-refractivity contribution in [3.8, 4) is 11.3 Å². The average Bonchev–Trinajstić information content (AvgIpc) is 2.41. The van der Waals surface area contributed by atoms with Gasteiger partial charge in [0.2, 0.25) is 0 Å². The van der Waals surface area contributed by atoms with Crippen molar-refractivity contribution in [1.82, 2.24) is 4.98 Å². The van der Waals surface area contributed by atoms with Crippen LogP contribution in [-0.2, 0) is 5.41 Å². The predicted octanol–water partition coefficient (Wildman–Crippen LogP) is 5.78. The molecule has 1 heterocycles. The monoisotopic (exact) mass is 322 g/mol. The lowest BCUT2D eigenvalue weighted by Crippen LogP contribution is -2.10. The molecule has 0 aliphatic heterocycles. The van der Waals surface area contributed by atoms with Gasteiger partial charge in [0.1, 0.15) is 5.82 Å². The predicted molar refractivity (Wildman–Crippen MR) is 92.6 cm³/mol. The van der Waals surface area contributed by atoms with E-state index in [0.717, 1.165) is 17.8 Å². The standard InChI is InChI=1S/C17H20Cl2N2/c1-5-20-16-14(19)10-13(18)15(21-16)11-6-8-12(9-7-11)17(2,3)4/h6-10H,5H2,1-4H3,(H,20,21). The first-order valence-electron chi connectivity index (χ1n) is 7.03. The highest BCUT2D eigenvalue weighted by Crippen LogP contribution is 2.33. The van der Waals surface area contributed by atoms with Gasteiger partial charge in [-0.05, 0) is 24.0 Å². The Kier molecular flexibility index (Phi) is 4.80. The second-order valence-corrected chi connectivity index (χ2v) is 6.82. The fourth-order valence-electron chi connectivity index (χ4n) is 2.09. The molecule has 0 atom stereocenters. The zero-order valence-electron chi connectivity index (χ0n) is 12.8. The minimum Gasteiger partial charge on any atom is -0.369 e. The summed E-state index contributed by atoms with van der Waals surface area (Å²) in [6.07, 6.45) is 0. The van der Waals surface area contributed by atoms with Crippen LogP contribution in [0.5, 0.6) is 0 Å². The third kappa shape index (κ3) is 3.69. The molecule has 0 radical (unpaired) electrons. The van der Waals surface area contributed by atoms with Gasteiger partial charge in [-0.3, -0.25) is 0 Å². The minimum atomic E-state index is 0.130. The molecule has 0 amide bonds. The van der Waals surface area contributed by atoms with Gasteiger partial charge in [-0.15, -0.1) is 0 Å². The minimum absolute atomic E-state index is 0.130. The second kappa shape index (κ2) is 6.25. The van der Waals surface area contributed by atoms with Crippen molar-refractivity contribution in [3.63, 3.8) is 0 Å². The molecule has 1 aromatic heterocycles. The SMILES string of the molecule is CCNc1nc(-c2ccc(C(C)(C)C)cc2)c(Cl)cc1Cl. The summed E-state index contributed by atoms with van der Waals surface area (Å²) in [6.45, 7) is 9.34. The number of hydrogen-bond donors (Lipinski definition) is 1. The summed E-state index contributed by atoms with van der Waals surface area (Å²) in [5.41, 5.74) is 3.15. The molecule has 0 spiro atoms. The summed E-state index contributed by atoms with van der Waals surface area (Å²) in [4.78, 5) is 4.55. The Morgan fingerprint density at radius 2 is 1.67 bits per heavy atom. The van der Waals surface area contributed by atoms with Gasteiger partial charge in [0.15, 0.2) is 0 Å². The summed E-state index contributed by atoms with van der Waals surface area (Å²) >= 11 is 12.4. The number of nitrogens with one attached hydrogen (secondary N) is 1. The van der Waals surface area contributed by atoms with Crippen LogP contribution in [0.4, 0.5) is 5.82 Å². The lowest BCUT2D eigenvalue weighted by atomic mass is 9.86. The molecule has 1 aromatic carbocycles. The molecule has 2 rings (SSSR count). The van der Waals surface area contributed by atoms with Gasteiger partial charge in [-0.1, -0.05) is 68.2 Å². The van der Waals surface area contributed by atoms with Crippen LogP contribution in [-0.4, -0.2) is 11.5 Å². The second-order valence-electron chi connectivity index (χ2n) is 6.01. The van der Waals surface area contributed by atoms with Crippen LogP contribution < -0.4 is 5.32 Å². The van der Waals surface area contributed by atoms with Gasteiger partial charge in [0.05, 0.1) is 15.7 Å². The average molecular weight is 323 g/mol. The molecule has 112 valence electrons. The molecule has 0 saturated carbocycles. The molecule has 2 aromatic rings. The molecule has 0 saturated heterocycles. The van der Waals surface area contributed by atoms with E-state index in [2.05, 4.69) is 55.3 Å². The maximum Gasteiger partial charge on any atom is 0.145 e. The zero-order valence-corrected chi connectivity index (χ0v) is 14.3. The van der Waals surface area contributed by atoms with Crippen molar-refractivity contribution in [2.24, 2.45) is 0 Å². The van der Waals surface area contributed by atoms with Crippen molar-refractivity contribution in [2.45, 2.75) is 33.1 Å². The van der Waals surface area contributed by atoms with Gasteiger partial charge in [-0.2, -0.15) is 0 Å². The van der Waals surface area contributed by atoms with Crippen molar-refractivity contribution in [1.29, 1.82) is 0 Å². The topological polar surface area (TPSA) is 24.9 Å². The van der Waals surface area contributed by atoms with Crippen molar-refractivity contribution < 1.29 is 0 Å². The molecule has 4 heteroatoms. The molecule has 0 aliphatic rings. The van der Waals surface area contributed by atoms with Crippen LogP contribution >= 0.6 is 23.2 Å². The van der Waals surface area contributed by atoms with E-state index in [-0.39, 0.29) is 5.41 Å². The summed E-state index contributed by atoms with van der Waals surface area (Å²) in [7, 11) is 0. The van der Waals surface area contributed by atoms with E-state index in [1.54, 1.807) is 6.07 Å². The first-order chi connectivity index (χ1) is 9.82. The molecule has 0 bridgehead atoms. The van der Waals surface area contributed by atoms with Gasteiger partial charge >= 0.3 is 0 Å². The summed E-state index contributed by atoms with van der Waals surface area (Å²) in [5.74, 6) is 0.665. The lowest BCUT2D eigenvalue weighted by Gasteiger charge is -2.19. The van der Waals surface area contributed by atoms with E-state index in [1.165, 1.54) is 5.56 Å². The molecule has 0 aliphatic carbocycles. The maximum absolute atomic E-state index is 6.29. The maximum atomic E-state index is 6.29. The van der Waals surface area contributed by atoms with Gasteiger partial charge < -0.3 is 5.32 Å². The third-order valence-electron chi connectivity index (χ3n) is 3.30. The van der Waals surface area contributed by atoms with Crippen molar-refractivity contribution >= 4 is 29.0 Å². The number of hydrogen-bond acceptors (Lipinski definition) is 2. The Labute approximate surface area is 136 Å². The summed E-state index contributed by atoms with van der Waals surface area (Å²) in [5, 5.41) is 4.25. The molecule has 21 heavy (non-hydrogen) atoms. The van der Waals surface area contributed by atoms with Crippen molar-refractivity contribution in [3.05, 3.63) is 45.9 Å². The molecule has 1 N–H and O–H groups in total. The van der Waals surface area contributed by atoms with E-state index in [0.29, 0.717) is 15.9 Å². The number of nitrogens with zero attached hydrogens (tertiary/aromatic N) is 1. The number of anilines is 1. The van der Waals surface area contributed by atoms with E-state index in [1.807, 2.05) is 6.92 Å². The smallest absolute Gasteiger partial charge is 0.145 e. The van der Waals surface area contributed by atoms with E-state index >= 15 is 0 Å². The van der Waals surface area contributed by atoms with Crippen LogP contribution in [0.3, 0.4) is 0 Å². The van der Waals surface area contributed by atoms with Crippen LogP contribution in [0, 0.1) is 0 Å². The largest absolute Gasteiger partial charge is 0.369 e. The van der Waals surface area contributed by atoms with E-state index < -0.39 is 0 Å². The van der Waals surface area contributed by atoms with Gasteiger partial charge in [0.25, 0.3) is 0 Å². The number of halogens is 2. The van der Waals surface area contributed by atoms with Crippen LogP contribution in [0.25, 0.3) is 11.3 Å². The van der Waals surface area contributed by atoms with Crippen LogP contribution in [0.2, 0.25) is 10.0 Å². The quantitative estimate of drug-likeness (QED) is 0.774. The Bertz CT molecular complexity index is 628. The van der Waals surface area contributed by atoms with Gasteiger partial charge in [0, 0.05) is 12.1 Å². The summed E-state index contributed by atoms with van der Waals surface area (Å²) in [6, 6.07) is 10.1. The van der Waals surface area contributed by atoms with Crippen LogP contribution in [0.15, 0.2) is 30.3 Å². The molecular weight excluding hydrogens is 303 g/mol. The van der Waals surface area contributed by atoms with Gasteiger partial charge in [-0.25, -0.2) is 4.98 Å². The third-order valence-corrected chi connectivity index (χ3v) is 3.87. The number of aromatic nitrogens is 1. The molecule has 2 nitrogen and oxygen atoms in total. The molecule has 0 unspecified atom stereocenters. The highest BCUT2D eigenvalue weighted by atomic mass is 35.5. The Morgan fingerprint density at radius 3 is 2.19 bits per heavy atom. The lowest BCUT2D eigenvalue weighted by molar-refractivity contribution is 0.590. The highest BCUT2D eigenvalue weighted by Gasteiger charge is 2.15. The Morgan fingerprint density at radius 1 is 1.05 bits per heavy atom. The fourth-order valence-corrected chi connectivity index (χ4v) is 2.62. The normalized spacial score (nSPS) is 11.5. The Balaban J connectivity index is 2.44. The molecule has 0 fully saturated rings. The molecular formula is C17H20Cl2N2. The first-order valence-corrected chi connectivity index (χ1v) is 7.79. The number of pyridine rings is 1. The summed E-state index contributed by atoms with van der Waals surface area (Å²) < 4.78 is 0. The van der Waals surface area contributed by atoms with E-state index in [9.17, 15) is 0 Å². The Hall–Kier alpha value is -1.25. The van der Waals surface area contributed by atoms with E-state index in [4.69, 9.17) is 23.2 Å².